The van der Waals surface area contributed by atoms with Gasteiger partial charge in [0.15, 0.2) is 0 Å². The Bertz CT molecular complexity index is 791. The molecule has 1 saturated heterocycles. The van der Waals surface area contributed by atoms with Crippen LogP contribution in [-0.2, 0) is 14.8 Å². The maximum Gasteiger partial charge on any atom is 0.317 e. The van der Waals surface area contributed by atoms with E-state index in [4.69, 9.17) is 22.0 Å². The first-order chi connectivity index (χ1) is 11.8. The predicted octanol–water partition coefficient (Wildman–Crippen LogP) is 1.77. The number of carboxylic acid groups (broad SMARTS) is 1. The summed E-state index contributed by atoms with van der Waals surface area (Å²) in [5, 5.41) is 17.9. The minimum Gasteiger partial charge on any atom is -0.480 e. The summed E-state index contributed by atoms with van der Waals surface area (Å²) in [5.41, 5.74) is 0.229. The van der Waals surface area contributed by atoms with E-state index < -0.39 is 16.0 Å². The summed E-state index contributed by atoms with van der Waals surface area (Å²) in [6, 6.07) is 6.02. The summed E-state index contributed by atoms with van der Waals surface area (Å²) >= 11 is 5.95. The van der Waals surface area contributed by atoms with Gasteiger partial charge in [0.25, 0.3) is 0 Å². The lowest BCUT2D eigenvalue weighted by molar-refractivity contribution is -0.138. The van der Waals surface area contributed by atoms with Gasteiger partial charge < -0.3 is 5.11 Å². The number of benzene rings is 1. The van der Waals surface area contributed by atoms with Gasteiger partial charge in [-0.3, -0.25) is 9.69 Å². The van der Waals surface area contributed by atoms with Crippen LogP contribution in [0.5, 0.6) is 0 Å². The number of likely N-dealkylation sites (N-methyl/N-ethyl adjacent to an activating group) is 1. The molecule has 0 aliphatic carbocycles. The van der Waals surface area contributed by atoms with Crippen LogP contribution in [0.3, 0.4) is 0 Å². The second-order valence-electron chi connectivity index (χ2n) is 6.05. The lowest BCUT2D eigenvalue weighted by atomic mass is 10.1. The third-order valence-corrected chi connectivity index (χ3v) is 6.57. The molecular formula is C16H20ClN3O4S. The molecule has 1 atom stereocenters. The Balaban J connectivity index is 2.14. The van der Waals surface area contributed by atoms with Crippen molar-refractivity contribution in [2.45, 2.75) is 30.2 Å². The monoisotopic (exact) mass is 385 g/mol. The Morgan fingerprint density at radius 1 is 1.44 bits per heavy atom. The van der Waals surface area contributed by atoms with Crippen molar-refractivity contribution in [1.29, 1.82) is 5.26 Å². The van der Waals surface area contributed by atoms with Crippen LogP contribution in [0.25, 0.3) is 0 Å². The fourth-order valence-electron chi connectivity index (χ4n) is 2.97. The molecule has 1 aliphatic rings. The molecule has 0 saturated carbocycles. The molecule has 1 aliphatic heterocycles. The summed E-state index contributed by atoms with van der Waals surface area (Å²) in [7, 11) is -1.96. The number of hydrogen-bond donors (Lipinski definition) is 1. The van der Waals surface area contributed by atoms with E-state index in [2.05, 4.69) is 0 Å². The molecule has 0 bridgehead atoms. The van der Waals surface area contributed by atoms with Crippen molar-refractivity contribution in [3.8, 4) is 6.07 Å². The number of carbonyl (C=O) groups is 1. The number of rotatable bonds is 5. The van der Waals surface area contributed by atoms with E-state index in [1.807, 2.05) is 6.07 Å². The van der Waals surface area contributed by atoms with Crippen LogP contribution < -0.4 is 0 Å². The van der Waals surface area contributed by atoms with Crippen LogP contribution in [-0.4, -0.2) is 61.4 Å². The van der Waals surface area contributed by atoms with Gasteiger partial charge in [0.1, 0.15) is 6.07 Å². The van der Waals surface area contributed by atoms with Crippen LogP contribution >= 0.6 is 11.6 Å². The molecule has 2 rings (SSSR count). The number of halogens is 1. The van der Waals surface area contributed by atoms with Crippen molar-refractivity contribution in [2.24, 2.45) is 0 Å². The van der Waals surface area contributed by atoms with Crippen LogP contribution in [0.15, 0.2) is 23.1 Å². The Kier molecular flexibility index (Phi) is 6.41. The average Bonchev–Trinajstić information content (AvgIpc) is 2.80. The number of nitrogens with zero attached hydrogens (tertiary/aromatic N) is 3. The van der Waals surface area contributed by atoms with Gasteiger partial charge in [0.05, 0.1) is 22.0 Å². The van der Waals surface area contributed by atoms with Gasteiger partial charge in [0.2, 0.25) is 10.0 Å². The largest absolute Gasteiger partial charge is 0.480 e. The lowest BCUT2D eigenvalue weighted by Gasteiger charge is -2.25. The van der Waals surface area contributed by atoms with E-state index in [9.17, 15) is 13.2 Å². The van der Waals surface area contributed by atoms with Gasteiger partial charge in [-0.1, -0.05) is 11.6 Å². The second-order valence-corrected chi connectivity index (χ2v) is 8.40. The summed E-state index contributed by atoms with van der Waals surface area (Å²) in [6.45, 7) is 0.620. The first kappa shape index (κ1) is 19.7. The lowest BCUT2D eigenvalue weighted by Crippen LogP contribution is -2.37. The zero-order valence-corrected chi connectivity index (χ0v) is 15.4. The van der Waals surface area contributed by atoms with Crippen molar-refractivity contribution < 1.29 is 18.3 Å². The molecule has 0 amide bonds. The van der Waals surface area contributed by atoms with E-state index >= 15 is 0 Å². The molecular weight excluding hydrogens is 366 g/mol. The highest BCUT2D eigenvalue weighted by Crippen LogP contribution is 2.25. The number of hydrogen-bond acceptors (Lipinski definition) is 5. The van der Waals surface area contributed by atoms with Crippen LogP contribution in [0.2, 0.25) is 5.02 Å². The molecule has 136 valence electrons. The normalized spacial score (nSPS) is 19.4. The van der Waals surface area contributed by atoms with Gasteiger partial charge in [-0.2, -0.15) is 9.57 Å². The van der Waals surface area contributed by atoms with Gasteiger partial charge in [0, 0.05) is 19.1 Å². The highest BCUT2D eigenvalue weighted by atomic mass is 35.5. The molecule has 1 N–H and O–H groups in total. The summed E-state index contributed by atoms with van der Waals surface area (Å²) in [6.07, 6.45) is 1.95. The van der Waals surface area contributed by atoms with Gasteiger partial charge in [-0.05, 0) is 44.5 Å². The van der Waals surface area contributed by atoms with Crippen molar-refractivity contribution in [2.75, 3.05) is 26.7 Å². The molecule has 7 nitrogen and oxygen atoms in total. The third kappa shape index (κ3) is 4.70. The number of aliphatic carboxylic acids is 1. The molecule has 0 spiro atoms. The minimum absolute atomic E-state index is 0.0286. The van der Waals surface area contributed by atoms with Crippen LogP contribution in [0, 0.1) is 11.3 Å². The molecule has 1 heterocycles. The van der Waals surface area contributed by atoms with Crippen molar-refractivity contribution in [1.82, 2.24) is 9.21 Å². The number of sulfonamides is 1. The Hall–Kier alpha value is -1.66. The number of carboxylic acids is 1. The van der Waals surface area contributed by atoms with E-state index in [1.54, 1.807) is 11.9 Å². The first-order valence-electron chi connectivity index (χ1n) is 7.87. The summed E-state index contributed by atoms with van der Waals surface area (Å²) in [4.78, 5) is 12.7. The van der Waals surface area contributed by atoms with Crippen molar-refractivity contribution in [3.63, 3.8) is 0 Å². The summed E-state index contributed by atoms with van der Waals surface area (Å²) < 4.78 is 27.0. The Morgan fingerprint density at radius 3 is 2.76 bits per heavy atom. The predicted molar refractivity (Wildman–Crippen MR) is 92.8 cm³/mol. The fourth-order valence-corrected chi connectivity index (χ4v) is 4.78. The summed E-state index contributed by atoms with van der Waals surface area (Å²) in [5.74, 6) is -0.900. The smallest absolute Gasteiger partial charge is 0.317 e. The molecule has 1 fully saturated rings. The highest BCUT2D eigenvalue weighted by Gasteiger charge is 2.29. The molecule has 0 radical (unpaired) electrons. The van der Waals surface area contributed by atoms with Gasteiger partial charge >= 0.3 is 5.97 Å². The number of nitriles is 1. The molecule has 25 heavy (non-hydrogen) atoms. The molecule has 1 aromatic rings. The molecule has 0 aromatic heterocycles. The van der Waals surface area contributed by atoms with E-state index in [0.29, 0.717) is 25.9 Å². The Morgan fingerprint density at radius 2 is 2.16 bits per heavy atom. The zero-order chi connectivity index (χ0) is 18.6. The van der Waals surface area contributed by atoms with Crippen molar-refractivity contribution >= 4 is 27.6 Å². The van der Waals surface area contributed by atoms with Gasteiger partial charge in [-0.25, -0.2) is 8.42 Å². The van der Waals surface area contributed by atoms with Gasteiger partial charge in [-0.15, -0.1) is 0 Å². The van der Waals surface area contributed by atoms with Crippen molar-refractivity contribution in [3.05, 3.63) is 28.8 Å². The SMILES string of the molecule is CN(CC(=O)O)C1CCCN(S(=O)(=O)c2ccc(C#N)c(Cl)c2)CC1. The second kappa shape index (κ2) is 8.15. The molecule has 1 aromatic carbocycles. The fraction of sp³-hybridized carbons (Fsp3) is 0.500. The van der Waals surface area contributed by atoms with E-state index in [-0.39, 0.29) is 28.1 Å². The van der Waals surface area contributed by atoms with E-state index in [1.165, 1.54) is 22.5 Å². The molecule has 1 unspecified atom stereocenters. The quantitative estimate of drug-likeness (QED) is 0.828. The maximum atomic E-state index is 12.8. The topological polar surface area (TPSA) is 102 Å². The Labute approximate surface area is 152 Å². The first-order valence-corrected chi connectivity index (χ1v) is 9.69. The van der Waals surface area contributed by atoms with Crippen LogP contribution in [0.1, 0.15) is 24.8 Å². The molecule has 9 heteroatoms. The standard InChI is InChI=1S/C16H20ClN3O4S/c1-19(11-16(21)22)13-3-2-7-20(8-6-13)25(23,24)14-5-4-12(10-18)15(17)9-14/h4-5,9,13H,2-3,6-8,11H2,1H3,(H,21,22). The maximum absolute atomic E-state index is 12.8. The zero-order valence-electron chi connectivity index (χ0n) is 13.9. The highest BCUT2D eigenvalue weighted by molar-refractivity contribution is 7.89. The van der Waals surface area contributed by atoms with E-state index in [0.717, 1.165) is 6.42 Å². The third-order valence-electron chi connectivity index (χ3n) is 4.36. The average molecular weight is 386 g/mol. The van der Waals surface area contributed by atoms with Crippen LogP contribution in [0.4, 0.5) is 0 Å². The minimum atomic E-state index is -3.70.